The molecule has 3 rings (SSSR count). The van der Waals surface area contributed by atoms with Gasteiger partial charge in [0.15, 0.2) is 0 Å². The fraction of sp³-hybridized carbons (Fsp3) is 0.222. The molecule has 1 aromatic heterocycles. The number of rotatable bonds is 5. The van der Waals surface area contributed by atoms with E-state index < -0.39 is 10.0 Å². The minimum atomic E-state index is -3.53. The molecule has 0 aliphatic rings. The first-order valence-electron chi connectivity index (χ1n) is 7.61. The molecule has 1 heterocycles. The normalized spacial score (nSPS) is 12.6. The first-order chi connectivity index (χ1) is 11.3. The second-order valence-electron chi connectivity index (χ2n) is 6.41. The SMILES string of the molecule is CC(C)(CNS(=O)(=O)c1ccccc1)c1c[nH]c2cc(Cl)ccc12. The summed E-state index contributed by atoms with van der Waals surface area (Å²) in [7, 11) is -3.53. The summed E-state index contributed by atoms with van der Waals surface area (Å²) in [5.41, 5.74) is 1.61. The third-order valence-corrected chi connectivity index (χ3v) is 5.78. The van der Waals surface area contributed by atoms with Gasteiger partial charge in [-0.25, -0.2) is 13.1 Å². The first kappa shape index (κ1) is 17.0. The molecule has 0 saturated carbocycles. The van der Waals surface area contributed by atoms with Crippen molar-refractivity contribution >= 4 is 32.5 Å². The van der Waals surface area contributed by atoms with Crippen molar-refractivity contribution < 1.29 is 8.42 Å². The fourth-order valence-electron chi connectivity index (χ4n) is 2.71. The Morgan fingerprint density at radius 1 is 1.12 bits per heavy atom. The average molecular weight is 363 g/mol. The summed E-state index contributed by atoms with van der Waals surface area (Å²) in [6.45, 7) is 4.31. The van der Waals surface area contributed by atoms with Crippen LogP contribution in [0.5, 0.6) is 0 Å². The van der Waals surface area contributed by atoms with Crippen LogP contribution in [-0.4, -0.2) is 19.9 Å². The Kier molecular flexibility index (Phi) is 4.42. The number of halogens is 1. The second kappa shape index (κ2) is 6.24. The summed E-state index contributed by atoms with van der Waals surface area (Å²) >= 11 is 6.02. The lowest BCUT2D eigenvalue weighted by Crippen LogP contribution is -2.36. The lowest BCUT2D eigenvalue weighted by Gasteiger charge is -2.25. The summed E-state index contributed by atoms with van der Waals surface area (Å²) in [5, 5.41) is 1.71. The highest BCUT2D eigenvalue weighted by Crippen LogP contribution is 2.31. The van der Waals surface area contributed by atoms with Crippen LogP contribution >= 0.6 is 11.6 Å². The smallest absolute Gasteiger partial charge is 0.240 e. The minimum absolute atomic E-state index is 0.270. The molecule has 0 amide bonds. The number of hydrogen-bond acceptors (Lipinski definition) is 2. The molecule has 126 valence electrons. The third kappa shape index (κ3) is 3.34. The van der Waals surface area contributed by atoms with Crippen molar-refractivity contribution in [2.75, 3.05) is 6.54 Å². The molecule has 0 atom stereocenters. The van der Waals surface area contributed by atoms with Crippen LogP contribution in [-0.2, 0) is 15.4 Å². The number of benzene rings is 2. The predicted octanol–water partition coefficient (Wildman–Crippen LogP) is 4.08. The molecule has 0 saturated heterocycles. The number of H-pyrrole nitrogens is 1. The van der Waals surface area contributed by atoms with Gasteiger partial charge < -0.3 is 4.98 Å². The number of sulfonamides is 1. The molecule has 0 aliphatic heterocycles. The van der Waals surface area contributed by atoms with Crippen LogP contribution in [0, 0.1) is 0 Å². The van der Waals surface area contributed by atoms with E-state index in [9.17, 15) is 8.42 Å². The van der Waals surface area contributed by atoms with Gasteiger partial charge in [0.25, 0.3) is 0 Å². The molecule has 0 fully saturated rings. The molecular formula is C18H19ClN2O2S. The number of aromatic nitrogens is 1. The lowest BCUT2D eigenvalue weighted by molar-refractivity contribution is 0.505. The van der Waals surface area contributed by atoms with Gasteiger partial charge in [0.05, 0.1) is 4.90 Å². The van der Waals surface area contributed by atoms with Gasteiger partial charge in [-0.3, -0.25) is 0 Å². The van der Waals surface area contributed by atoms with E-state index in [1.54, 1.807) is 30.3 Å². The monoisotopic (exact) mass is 362 g/mol. The van der Waals surface area contributed by atoms with Crippen molar-refractivity contribution in [1.82, 2.24) is 9.71 Å². The van der Waals surface area contributed by atoms with Crippen LogP contribution in [0.4, 0.5) is 0 Å². The van der Waals surface area contributed by atoms with Gasteiger partial charge in [-0.1, -0.05) is 49.7 Å². The number of aromatic amines is 1. The van der Waals surface area contributed by atoms with E-state index in [4.69, 9.17) is 11.6 Å². The largest absolute Gasteiger partial charge is 0.361 e. The van der Waals surface area contributed by atoms with Crippen LogP contribution in [0.1, 0.15) is 19.4 Å². The molecule has 0 spiro atoms. The van der Waals surface area contributed by atoms with Crippen LogP contribution in [0.2, 0.25) is 5.02 Å². The zero-order valence-corrected chi connectivity index (χ0v) is 15.1. The Morgan fingerprint density at radius 2 is 1.83 bits per heavy atom. The summed E-state index contributed by atoms with van der Waals surface area (Å²) in [4.78, 5) is 3.47. The van der Waals surface area contributed by atoms with Gasteiger partial charge in [-0.05, 0) is 29.8 Å². The van der Waals surface area contributed by atoms with Crippen molar-refractivity contribution in [3.63, 3.8) is 0 Å². The maximum atomic E-state index is 12.4. The standard InChI is InChI=1S/C18H19ClN2O2S/c1-18(2,12-21-24(22,23)14-6-4-3-5-7-14)16-11-20-17-10-13(19)8-9-15(16)17/h3-11,20-21H,12H2,1-2H3. The lowest BCUT2D eigenvalue weighted by atomic mass is 9.85. The van der Waals surface area contributed by atoms with E-state index in [0.717, 1.165) is 16.5 Å². The van der Waals surface area contributed by atoms with Gasteiger partial charge >= 0.3 is 0 Å². The summed E-state index contributed by atoms with van der Waals surface area (Å²) in [6.07, 6.45) is 1.91. The molecule has 2 aromatic carbocycles. The van der Waals surface area contributed by atoms with E-state index in [0.29, 0.717) is 11.6 Å². The van der Waals surface area contributed by atoms with Gasteiger partial charge in [0, 0.05) is 34.1 Å². The van der Waals surface area contributed by atoms with Crippen molar-refractivity contribution in [3.05, 3.63) is 65.3 Å². The van der Waals surface area contributed by atoms with Crippen molar-refractivity contribution in [3.8, 4) is 0 Å². The minimum Gasteiger partial charge on any atom is -0.361 e. The van der Waals surface area contributed by atoms with E-state index in [1.807, 2.05) is 38.2 Å². The molecule has 4 nitrogen and oxygen atoms in total. The fourth-order valence-corrected chi connectivity index (χ4v) is 4.12. The molecule has 0 bridgehead atoms. The maximum absolute atomic E-state index is 12.4. The number of fused-ring (bicyclic) bond motifs is 1. The van der Waals surface area contributed by atoms with Crippen molar-refractivity contribution in [1.29, 1.82) is 0 Å². The topological polar surface area (TPSA) is 62.0 Å². The summed E-state index contributed by atoms with van der Waals surface area (Å²) in [6, 6.07) is 14.0. The van der Waals surface area contributed by atoms with Gasteiger partial charge in [-0.15, -0.1) is 0 Å². The highest BCUT2D eigenvalue weighted by atomic mass is 35.5. The van der Waals surface area contributed by atoms with Gasteiger partial charge in [0.2, 0.25) is 10.0 Å². The molecule has 0 unspecified atom stereocenters. The Balaban J connectivity index is 1.85. The first-order valence-corrected chi connectivity index (χ1v) is 9.47. The van der Waals surface area contributed by atoms with Crippen LogP contribution in [0.25, 0.3) is 10.9 Å². The number of nitrogens with one attached hydrogen (secondary N) is 2. The second-order valence-corrected chi connectivity index (χ2v) is 8.62. The van der Waals surface area contributed by atoms with Crippen molar-refractivity contribution in [2.45, 2.75) is 24.2 Å². The highest BCUT2D eigenvalue weighted by Gasteiger charge is 2.26. The zero-order valence-electron chi connectivity index (χ0n) is 13.5. The Hall–Kier alpha value is -1.82. The van der Waals surface area contributed by atoms with Gasteiger partial charge in [-0.2, -0.15) is 0 Å². The van der Waals surface area contributed by atoms with Crippen molar-refractivity contribution in [2.24, 2.45) is 0 Å². The van der Waals surface area contributed by atoms with E-state index in [-0.39, 0.29) is 10.3 Å². The summed E-state index contributed by atoms with van der Waals surface area (Å²) in [5.74, 6) is 0. The quantitative estimate of drug-likeness (QED) is 0.718. The van der Waals surface area contributed by atoms with E-state index >= 15 is 0 Å². The summed E-state index contributed by atoms with van der Waals surface area (Å²) < 4.78 is 27.6. The van der Waals surface area contributed by atoms with Crippen LogP contribution < -0.4 is 4.72 Å². The average Bonchev–Trinajstić information content (AvgIpc) is 2.98. The number of hydrogen-bond donors (Lipinski definition) is 2. The Bertz CT molecular complexity index is 963. The maximum Gasteiger partial charge on any atom is 0.240 e. The Labute approximate surface area is 146 Å². The predicted molar refractivity (Wildman–Crippen MR) is 98.0 cm³/mol. The van der Waals surface area contributed by atoms with Gasteiger partial charge in [0.1, 0.15) is 0 Å². The molecule has 3 aromatic rings. The molecule has 6 heteroatoms. The molecule has 2 N–H and O–H groups in total. The molecule has 0 radical (unpaired) electrons. The Morgan fingerprint density at radius 3 is 2.54 bits per heavy atom. The highest BCUT2D eigenvalue weighted by molar-refractivity contribution is 7.89. The van der Waals surface area contributed by atoms with E-state index in [2.05, 4.69) is 9.71 Å². The molecule has 24 heavy (non-hydrogen) atoms. The third-order valence-electron chi connectivity index (χ3n) is 4.13. The zero-order chi connectivity index (χ0) is 17.4. The molecular weight excluding hydrogens is 344 g/mol. The van der Waals surface area contributed by atoms with E-state index in [1.165, 1.54) is 0 Å². The molecule has 0 aliphatic carbocycles. The van der Waals surface area contributed by atoms with Crippen LogP contribution in [0.15, 0.2) is 59.6 Å². The van der Waals surface area contributed by atoms with Crippen LogP contribution in [0.3, 0.4) is 0 Å².